The van der Waals surface area contributed by atoms with Gasteiger partial charge in [-0.05, 0) is 63.2 Å². The maximum Gasteiger partial charge on any atom is 0.0703 e. The van der Waals surface area contributed by atoms with Crippen molar-refractivity contribution < 1.29 is 9.84 Å². The van der Waals surface area contributed by atoms with E-state index in [2.05, 4.69) is 6.92 Å². The molecule has 2 nitrogen and oxygen atoms in total. The van der Waals surface area contributed by atoms with Crippen molar-refractivity contribution in [3.05, 3.63) is 0 Å². The molecule has 16 heavy (non-hydrogen) atoms. The lowest BCUT2D eigenvalue weighted by Gasteiger charge is -2.51. The van der Waals surface area contributed by atoms with Crippen LogP contribution in [-0.2, 0) is 4.74 Å². The van der Waals surface area contributed by atoms with Gasteiger partial charge in [0, 0.05) is 6.61 Å². The second kappa shape index (κ2) is 3.71. The quantitative estimate of drug-likeness (QED) is 0.798. The van der Waals surface area contributed by atoms with Crippen LogP contribution in [-0.4, -0.2) is 22.9 Å². The molecule has 2 heteroatoms. The third-order valence-electron chi connectivity index (χ3n) is 5.32. The predicted octanol–water partition coefficient (Wildman–Crippen LogP) is 2.89. The Kier molecular flexibility index (Phi) is 2.56. The van der Waals surface area contributed by atoms with E-state index in [1.54, 1.807) is 0 Å². The largest absolute Gasteiger partial charge is 0.389 e. The van der Waals surface area contributed by atoms with Crippen LogP contribution in [0, 0.1) is 11.8 Å². The molecule has 1 N–H and O–H groups in total. The zero-order valence-corrected chi connectivity index (χ0v) is 10.4. The van der Waals surface area contributed by atoms with Crippen molar-refractivity contribution in [1.82, 2.24) is 0 Å². The molecule has 0 aromatic rings. The molecule has 0 radical (unpaired) electrons. The number of aliphatic hydroxyl groups is 1. The monoisotopic (exact) mass is 224 g/mol. The summed E-state index contributed by atoms with van der Waals surface area (Å²) in [5.41, 5.74) is -0.187. The second-order valence-corrected chi connectivity index (χ2v) is 6.19. The fourth-order valence-electron chi connectivity index (χ4n) is 3.87. The fourth-order valence-corrected chi connectivity index (χ4v) is 3.87. The van der Waals surface area contributed by atoms with Crippen LogP contribution in [0.4, 0.5) is 0 Å². The molecule has 2 unspecified atom stereocenters. The molecular weight excluding hydrogens is 200 g/mol. The van der Waals surface area contributed by atoms with Crippen molar-refractivity contribution in [1.29, 1.82) is 0 Å². The average molecular weight is 224 g/mol. The number of hydrogen-bond acceptors (Lipinski definition) is 2. The van der Waals surface area contributed by atoms with Crippen molar-refractivity contribution >= 4 is 0 Å². The Morgan fingerprint density at radius 3 is 2.50 bits per heavy atom. The molecule has 2 saturated carbocycles. The molecule has 1 aliphatic heterocycles. The highest BCUT2D eigenvalue weighted by Gasteiger charge is 2.53. The maximum absolute atomic E-state index is 10.9. The zero-order valence-electron chi connectivity index (χ0n) is 10.4. The topological polar surface area (TPSA) is 29.5 Å². The lowest BCUT2D eigenvalue weighted by Crippen LogP contribution is -2.52. The van der Waals surface area contributed by atoms with E-state index in [4.69, 9.17) is 4.74 Å². The molecule has 0 aromatic heterocycles. The molecule has 1 spiro atoms. The Hall–Kier alpha value is -0.0800. The van der Waals surface area contributed by atoms with Crippen LogP contribution in [0.3, 0.4) is 0 Å². The van der Waals surface area contributed by atoms with Crippen LogP contribution in [0.1, 0.15) is 58.3 Å². The van der Waals surface area contributed by atoms with Gasteiger partial charge in [0.1, 0.15) is 0 Å². The highest BCUT2D eigenvalue weighted by molar-refractivity contribution is 5.04. The van der Waals surface area contributed by atoms with Gasteiger partial charge in [-0.1, -0.05) is 6.92 Å². The summed E-state index contributed by atoms with van der Waals surface area (Å²) in [7, 11) is 0. The Balaban J connectivity index is 1.72. The van der Waals surface area contributed by atoms with Crippen molar-refractivity contribution in [2.24, 2.45) is 11.8 Å². The summed E-state index contributed by atoms with van der Waals surface area (Å²) in [5.74, 6) is 1.09. The smallest absolute Gasteiger partial charge is 0.0703 e. The fraction of sp³-hybridized carbons (Fsp3) is 1.00. The highest BCUT2D eigenvalue weighted by Crippen LogP contribution is 2.53. The first-order chi connectivity index (χ1) is 7.69. The van der Waals surface area contributed by atoms with Gasteiger partial charge >= 0.3 is 0 Å². The zero-order chi connectivity index (χ0) is 11.2. The molecule has 3 rings (SSSR count). The standard InChI is InChI=1S/C14H24O2/c1-2-14(15,11-4-5-11)12-6-9-16-13(10-12)7-3-8-13/h11-12,15H,2-10H2,1H3. The summed E-state index contributed by atoms with van der Waals surface area (Å²) < 4.78 is 5.96. The summed E-state index contributed by atoms with van der Waals surface area (Å²) in [4.78, 5) is 0. The lowest BCUT2D eigenvalue weighted by molar-refractivity contribution is -0.180. The van der Waals surface area contributed by atoms with Crippen LogP contribution in [0.2, 0.25) is 0 Å². The molecule has 2 atom stereocenters. The van der Waals surface area contributed by atoms with Crippen molar-refractivity contribution in [2.75, 3.05) is 6.61 Å². The first-order valence-corrected chi connectivity index (χ1v) is 7.05. The van der Waals surface area contributed by atoms with Gasteiger partial charge in [0.05, 0.1) is 11.2 Å². The Morgan fingerprint density at radius 1 is 1.25 bits per heavy atom. The SMILES string of the molecule is CCC(O)(C1CC1)C1CCOC2(CCC2)C1. The minimum atomic E-state index is -0.369. The molecule has 1 heterocycles. The van der Waals surface area contributed by atoms with E-state index in [1.165, 1.54) is 32.1 Å². The van der Waals surface area contributed by atoms with E-state index in [0.29, 0.717) is 11.8 Å². The minimum absolute atomic E-state index is 0.182. The highest BCUT2D eigenvalue weighted by atomic mass is 16.5. The summed E-state index contributed by atoms with van der Waals surface area (Å²) in [6.45, 7) is 3.03. The summed E-state index contributed by atoms with van der Waals surface area (Å²) in [5, 5.41) is 10.9. The Labute approximate surface area is 98.4 Å². The molecule has 3 fully saturated rings. The average Bonchev–Trinajstić information content (AvgIpc) is 3.10. The summed E-state index contributed by atoms with van der Waals surface area (Å²) in [6, 6.07) is 0. The van der Waals surface area contributed by atoms with Gasteiger partial charge in [-0.2, -0.15) is 0 Å². The van der Waals surface area contributed by atoms with Crippen LogP contribution in [0.15, 0.2) is 0 Å². The van der Waals surface area contributed by atoms with E-state index in [1.807, 2.05) is 0 Å². The maximum atomic E-state index is 10.9. The van der Waals surface area contributed by atoms with E-state index in [0.717, 1.165) is 25.9 Å². The third-order valence-corrected chi connectivity index (χ3v) is 5.32. The van der Waals surface area contributed by atoms with Gasteiger partial charge in [-0.15, -0.1) is 0 Å². The number of rotatable bonds is 3. The van der Waals surface area contributed by atoms with Crippen molar-refractivity contribution in [2.45, 2.75) is 69.5 Å². The second-order valence-electron chi connectivity index (χ2n) is 6.19. The summed E-state index contributed by atoms with van der Waals surface area (Å²) >= 11 is 0. The minimum Gasteiger partial charge on any atom is -0.389 e. The normalized spacial score (nSPS) is 36.8. The van der Waals surface area contributed by atoms with Crippen molar-refractivity contribution in [3.8, 4) is 0 Å². The Morgan fingerprint density at radius 2 is 2.00 bits per heavy atom. The molecule has 0 aromatic carbocycles. The van der Waals surface area contributed by atoms with Crippen LogP contribution < -0.4 is 0 Å². The van der Waals surface area contributed by atoms with E-state index in [9.17, 15) is 5.11 Å². The molecule has 1 saturated heterocycles. The van der Waals surface area contributed by atoms with Gasteiger partial charge in [0.25, 0.3) is 0 Å². The number of hydrogen-bond donors (Lipinski definition) is 1. The summed E-state index contributed by atoms with van der Waals surface area (Å²) in [6.07, 6.45) is 9.39. The van der Waals surface area contributed by atoms with Gasteiger partial charge in [0.2, 0.25) is 0 Å². The van der Waals surface area contributed by atoms with Gasteiger partial charge in [0.15, 0.2) is 0 Å². The van der Waals surface area contributed by atoms with Gasteiger partial charge in [-0.3, -0.25) is 0 Å². The molecule has 0 bridgehead atoms. The van der Waals surface area contributed by atoms with Crippen LogP contribution in [0.5, 0.6) is 0 Å². The number of ether oxygens (including phenoxy) is 1. The van der Waals surface area contributed by atoms with Crippen LogP contribution >= 0.6 is 0 Å². The lowest BCUT2D eigenvalue weighted by atomic mass is 9.66. The van der Waals surface area contributed by atoms with Crippen LogP contribution in [0.25, 0.3) is 0 Å². The van der Waals surface area contributed by atoms with Gasteiger partial charge in [-0.25, -0.2) is 0 Å². The Bertz CT molecular complexity index is 268. The molecule has 3 aliphatic rings. The molecule has 2 aliphatic carbocycles. The van der Waals surface area contributed by atoms with E-state index >= 15 is 0 Å². The molecular formula is C14H24O2. The van der Waals surface area contributed by atoms with Crippen molar-refractivity contribution in [3.63, 3.8) is 0 Å². The first kappa shape index (κ1) is 11.0. The predicted molar refractivity (Wildman–Crippen MR) is 63.2 cm³/mol. The van der Waals surface area contributed by atoms with E-state index < -0.39 is 0 Å². The molecule has 0 amide bonds. The third kappa shape index (κ3) is 1.62. The molecule has 92 valence electrons. The van der Waals surface area contributed by atoms with Gasteiger partial charge < -0.3 is 9.84 Å². The first-order valence-electron chi connectivity index (χ1n) is 7.05. The van der Waals surface area contributed by atoms with E-state index in [-0.39, 0.29) is 11.2 Å².